The number of benzene rings is 3. The summed E-state index contributed by atoms with van der Waals surface area (Å²) in [6, 6.07) is 17.8. The number of nitriles is 1. The Morgan fingerprint density at radius 3 is 2.46 bits per heavy atom. The lowest BCUT2D eigenvalue weighted by molar-refractivity contribution is -0.139. The minimum atomic E-state index is -1.17. The molecule has 41 heavy (non-hydrogen) atoms. The molecule has 11 heteroatoms. The summed E-state index contributed by atoms with van der Waals surface area (Å²) in [6.45, 7) is 0.553. The Kier molecular flexibility index (Phi) is 9.65. The fraction of sp³-hybridized carbons (Fsp3) is 0.267. The van der Waals surface area contributed by atoms with Gasteiger partial charge in [0.1, 0.15) is 11.8 Å². The molecule has 0 aromatic heterocycles. The molecule has 4 rings (SSSR count). The van der Waals surface area contributed by atoms with Crippen LogP contribution < -0.4 is 19.5 Å². The lowest BCUT2D eigenvalue weighted by Gasteiger charge is -2.37. The molecule has 212 valence electrons. The Morgan fingerprint density at radius 2 is 1.83 bits per heavy atom. The number of nitrogens with one attached hydrogen (secondary N) is 1. The number of nitrogens with zero attached hydrogens (tertiary/aromatic N) is 2. The first-order valence-electron chi connectivity index (χ1n) is 12.7. The van der Waals surface area contributed by atoms with Crippen LogP contribution in [0, 0.1) is 11.3 Å². The molecule has 3 aromatic rings. The van der Waals surface area contributed by atoms with Crippen LogP contribution in [0.15, 0.2) is 60.7 Å². The number of carbonyl (C=O) groups excluding carboxylic acids is 1. The van der Waals surface area contributed by atoms with E-state index in [0.29, 0.717) is 35.8 Å². The molecule has 0 bridgehead atoms. The number of methoxy groups -OCH3 is 2. The van der Waals surface area contributed by atoms with Crippen LogP contribution in [-0.4, -0.2) is 53.9 Å². The quantitative estimate of drug-likeness (QED) is 0.332. The number of aliphatic carboxylic acids is 1. The molecular formula is C30H28ClN3O6S. The van der Waals surface area contributed by atoms with E-state index in [1.165, 1.54) is 6.07 Å². The Morgan fingerprint density at radius 1 is 1.15 bits per heavy atom. The molecule has 1 aliphatic rings. The van der Waals surface area contributed by atoms with Gasteiger partial charge in [-0.3, -0.25) is 4.79 Å². The number of rotatable bonds is 9. The minimum Gasteiger partial charge on any atom is -0.493 e. The monoisotopic (exact) mass is 593 g/mol. The SMILES string of the molecule is COc1cc2c(cc1OC)C(CC#N)N(C(=S)Oc1ccc(CC(NC(=O)c3ccccc3Cl)C(=O)O)cc1)CC2. The number of carboxylic acid groups (broad SMARTS) is 1. The number of hydrogen-bond acceptors (Lipinski definition) is 7. The van der Waals surface area contributed by atoms with Crippen molar-refractivity contribution in [2.45, 2.75) is 31.3 Å². The second-order valence-corrected chi connectivity index (χ2v) is 10.0. The van der Waals surface area contributed by atoms with Crippen LogP contribution in [-0.2, 0) is 17.6 Å². The Labute approximate surface area is 248 Å². The number of thiocarbonyl (C=S) groups is 1. The van der Waals surface area contributed by atoms with Crippen LogP contribution in [0.25, 0.3) is 0 Å². The summed E-state index contributed by atoms with van der Waals surface area (Å²) < 4.78 is 16.9. The maximum absolute atomic E-state index is 12.6. The topological polar surface area (TPSA) is 121 Å². The highest BCUT2D eigenvalue weighted by Gasteiger charge is 2.31. The van der Waals surface area contributed by atoms with Crippen LogP contribution in [0.5, 0.6) is 17.2 Å². The van der Waals surface area contributed by atoms with E-state index in [2.05, 4.69) is 11.4 Å². The molecule has 9 nitrogen and oxygen atoms in total. The van der Waals surface area contributed by atoms with Gasteiger partial charge in [0.25, 0.3) is 11.1 Å². The number of carbonyl (C=O) groups is 2. The van der Waals surface area contributed by atoms with Gasteiger partial charge in [0.2, 0.25) is 0 Å². The van der Waals surface area contributed by atoms with Gasteiger partial charge in [0.15, 0.2) is 11.5 Å². The van der Waals surface area contributed by atoms with Gasteiger partial charge in [-0.25, -0.2) is 4.79 Å². The lowest BCUT2D eigenvalue weighted by Crippen LogP contribution is -2.42. The highest BCUT2D eigenvalue weighted by atomic mass is 35.5. The van der Waals surface area contributed by atoms with E-state index in [-0.39, 0.29) is 34.6 Å². The summed E-state index contributed by atoms with van der Waals surface area (Å²) in [7, 11) is 3.14. The van der Waals surface area contributed by atoms with Gasteiger partial charge in [-0.1, -0.05) is 35.9 Å². The van der Waals surface area contributed by atoms with Crippen molar-refractivity contribution in [2.75, 3.05) is 20.8 Å². The molecular weight excluding hydrogens is 566 g/mol. The van der Waals surface area contributed by atoms with Gasteiger partial charge >= 0.3 is 5.97 Å². The first kappa shape index (κ1) is 29.6. The van der Waals surface area contributed by atoms with Crippen LogP contribution in [0.1, 0.15) is 39.5 Å². The highest BCUT2D eigenvalue weighted by Crippen LogP contribution is 2.39. The summed E-state index contributed by atoms with van der Waals surface area (Å²) in [5, 5.41) is 22.2. The van der Waals surface area contributed by atoms with Gasteiger partial charge in [0.05, 0.1) is 43.3 Å². The van der Waals surface area contributed by atoms with Crippen LogP contribution in [0.3, 0.4) is 0 Å². The van der Waals surface area contributed by atoms with E-state index in [1.54, 1.807) is 56.7 Å². The number of hydrogen-bond donors (Lipinski definition) is 2. The lowest BCUT2D eigenvalue weighted by atomic mass is 9.90. The van der Waals surface area contributed by atoms with E-state index in [0.717, 1.165) is 11.1 Å². The van der Waals surface area contributed by atoms with Crippen molar-refractivity contribution in [1.29, 1.82) is 5.26 Å². The molecule has 1 heterocycles. The third-order valence-corrected chi connectivity index (χ3v) is 7.46. The van der Waals surface area contributed by atoms with Crippen molar-refractivity contribution in [3.63, 3.8) is 0 Å². The van der Waals surface area contributed by atoms with Crippen LogP contribution in [0.2, 0.25) is 5.02 Å². The van der Waals surface area contributed by atoms with Gasteiger partial charge in [0, 0.05) is 13.0 Å². The van der Waals surface area contributed by atoms with Crippen LogP contribution >= 0.6 is 23.8 Å². The van der Waals surface area contributed by atoms with Crippen LogP contribution in [0.4, 0.5) is 0 Å². The summed E-state index contributed by atoms with van der Waals surface area (Å²) >= 11 is 11.7. The molecule has 3 aromatic carbocycles. The summed E-state index contributed by atoms with van der Waals surface area (Å²) in [6.07, 6.45) is 0.923. The van der Waals surface area contributed by atoms with Gasteiger partial charge in [-0.2, -0.15) is 5.26 Å². The zero-order valence-corrected chi connectivity index (χ0v) is 24.0. The van der Waals surface area contributed by atoms with Crippen molar-refractivity contribution in [3.05, 3.63) is 87.9 Å². The first-order valence-corrected chi connectivity index (χ1v) is 13.5. The average molecular weight is 594 g/mol. The first-order chi connectivity index (χ1) is 19.7. The molecule has 2 unspecified atom stereocenters. The Balaban J connectivity index is 1.44. The minimum absolute atomic E-state index is 0.0503. The Hall–Kier alpha value is -4.33. The van der Waals surface area contributed by atoms with Crippen molar-refractivity contribution in [3.8, 4) is 23.3 Å². The Bertz CT molecular complexity index is 1490. The molecule has 2 atom stereocenters. The average Bonchev–Trinajstić information content (AvgIpc) is 2.97. The van der Waals surface area contributed by atoms with Crippen molar-refractivity contribution in [2.24, 2.45) is 0 Å². The molecule has 0 fully saturated rings. The molecule has 0 saturated heterocycles. The van der Waals surface area contributed by atoms with E-state index < -0.39 is 17.9 Å². The number of halogens is 1. The van der Waals surface area contributed by atoms with E-state index >= 15 is 0 Å². The van der Waals surface area contributed by atoms with Gasteiger partial charge in [-0.15, -0.1) is 0 Å². The maximum atomic E-state index is 12.6. The van der Waals surface area contributed by atoms with Crippen molar-refractivity contribution >= 4 is 40.9 Å². The van der Waals surface area contributed by atoms with E-state index in [4.69, 9.17) is 38.0 Å². The predicted octanol–water partition coefficient (Wildman–Crippen LogP) is 4.96. The smallest absolute Gasteiger partial charge is 0.326 e. The number of ether oxygens (including phenoxy) is 3. The zero-order chi connectivity index (χ0) is 29.5. The predicted molar refractivity (Wildman–Crippen MR) is 157 cm³/mol. The largest absolute Gasteiger partial charge is 0.493 e. The highest BCUT2D eigenvalue weighted by molar-refractivity contribution is 7.80. The van der Waals surface area contributed by atoms with Crippen molar-refractivity contribution < 1.29 is 28.9 Å². The third-order valence-electron chi connectivity index (χ3n) is 6.81. The maximum Gasteiger partial charge on any atom is 0.326 e. The molecule has 0 saturated carbocycles. The zero-order valence-electron chi connectivity index (χ0n) is 22.4. The normalized spacial score (nSPS) is 14.7. The molecule has 0 spiro atoms. The molecule has 0 aliphatic carbocycles. The van der Waals surface area contributed by atoms with Gasteiger partial charge in [-0.05, 0) is 71.7 Å². The summed E-state index contributed by atoms with van der Waals surface area (Å²) in [5.74, 6) is -0.0851. The summed E-state index contributed by atoms with van der Waals surface area (Å²) in [4.78, 5) is 26.3. The third kappa shape index (κ3) is 6.88. The van der Waals surface area contributed by atoms with Crippen molar-refractivity contribution in [1.82, 2.24) is 10.2 Å². The molecule has 0 radical (unpaired) electrons. The number of carboxylic acids is 1. The van der Waals surface area contributed by atoms with E-state index in [1.807, 2.05) is 17.0 Å². The summed E-state index contributed by atoms with van der Waals surface area (Å²) in [5.41, 5.74) is 2.85. The number of amides is 1. The second kappa shape index (κ2) is 13.4. The molecule has 1 amide bonds. The van der Waals surface area contributed by atoms with Gasteiger partial charge < -0.3 is 29.5 Å². The molecule has 1 aliphatic heterocycles. The standard InChI is InChI=1S/C30H28ClN3O6S/c1-38-26-16-19-12-14-34(25(11-13-32)22(19)17-27(26)39-2)30(41)40-20-9-7-18(8-10-20)15-24(29(36)37)33-28(35)21-5-3-4-6-23(21)31/h3-10,16-17,24-25H,11-12,14-15H2,1-2H3,(H,33,35)(H,36,37). The molecule has 2 N–H and O–H groups in total. The fourth-order valence-electron chi connectivity index (χ4n) is 4.72. The second-order valence-electron chi connectivity index (χ2n) is 9.29. The fourth-order valence-corrected chi connectivity index (χ4v) is 5.26. The number of fused-ring (bicyclic) bond motifs is 1. The van der Waals surface area contributed by atoms with E-state index in [9.17, 15) is 20.0 Å².